The van der Waals surface area contributed by atoms with Gasteiger partial charge in [0.15, 0.2) is 0 Å². The molecule has 1 N–H and O–H groups in total. The van der Waals surface area contributed by atoms with Crippen LogP contribution in [0.15, 0.2) is 23.1 Å². The first-order valence-electron chi connectivity index (χ1n) is 6.55. The Labute approximate surface area is 114 Å². The minimum atomic E-state index is 0.474. The van der Waals surface area contributed by atoms with Crippen LogP contribution in [-0.4, -0.2) is 12.8 Å². The van der Waals surface area contributed by atoms with E-state index < -0.39 is 0 Å². The first-order chi connectivity index (χ1) is 8.74. The molecule has 1 aromatic rings. The van der Waals surface area contributed by atoms with Crippen LogP contribution in [0.4, 0.5) is 5.69 Å². The molecule has 2 rings (SSSR count). The molecule has 1 fully saturated rings. The summed E-state index contributed by atoms with van der Waals surface area (Å²) in [5, 5.41) is 12.8. The van der Waals surface area contributed by atoms with Crippen molar-refractivity contribution >= 4 is 17.4 Å². The predicted molar refractivity (Wildman–Crippen MR) is 78.0 cm³/mol. The zero-order valence-corrected chi connectivity index (χ0v) is 11.9. The average molecular weight is 260 g/mol. The topological polar surface area (TPSA) is 35.8 Å². The third-order valence-electron chi connectivity index (χ3n) is 4.18. The van der Waals surface area contributed by atoms with E-state index in [4.69, 9.17) is 0 Å². The van der Waals surface area contributed by atoms with Gasteiger partial charge in [0.2, 0.25) is 0 Å². The second-order valence-electron chi connectivity index (χ2n) is 5.06. The lowest BCUT2D eigenvalue weighted by atomic mass is 9.67. The van der Waals surface area contributed by atoms with Gasteiger partial charge < -0.3 is 5.32 Å². The molecule has 0 aromatic heterocycles. The minimum Gasteiger partial charge on any atom is -0.383 e. The largest absolute Gasteiger partial charge is 0.383 e. The molecule has 96 valence electrons. The fourth-order valence-corrected chi connectivity index (χ4v) is 3.15. The van der Waals surface area contributed by atoms with Gasteiger partial charge in [-0.2, -0.15) is 5.26 Å². The fourth-order valence-electron chi connectivity index (χ4n) is 2.58. The molecule has 0 amide bonds. The number of rotatable bonds is 5. The molecule has 0 saturated heterocycles. The monoisotopic (exact) mass is 260 g/mol. The van der Waals surface area contributed by atoms with Gasteiger partial charge in [-0.1, -0.05) is 19.4 Å². The number of anilines is 1. The standard InChI is InChI=1S/C15H20N2S/c1-3-15(8-5-9-15)11-17-13-6-4-7-14(18-2)12(13)10-16/h4,6-7,17H,3,5,8-9,11H2,1-2H3. The van der Waals surface area contributed by atoms with Crippen LogP contribution >= 0.6 is 11.8 Å². The lowest BCUT2D eigenvalue weighted by Crippen LogP contribution is -2.36. The Balaban J connectivity index is 2.12. The van der Waals surface area contributed by atoms with Crippen molar-refractivity contribution in [1.29, 1.82) is 5.26 Å². The molecule has 0 heterocycles. The van der Waals surface area contributed by atoms with Gasteiger partial charge in [-0.15, -0.1) is 11.8 Å². The Kier molecular flexibility index (Phi) is 4.19. The summed E-state index contributed by atoms with van der Waals surface area (Å²) < 4.78 is 0. The molecule has 1 saturated carbocycles. The van der Waals surface area contributed by atoms with Crippen molar-refractivity contribution in [3.05, 3.63) is 23.8 Å². The van der Waals surface area contributed by atoms with E-state index in [9.17, 15) is 5.26 Å². The van der Waals surface area contributed by atoms with E-state index in [0.717, 1.165) is 22.7 Å². The summed E-state index contributed by atoms with van der Waals surface area (Å²) in [7, 11) is 0. The van der Waals surface area contributed by atoms with Gasteiger partial charge in [0.1, 0.15) is 6.07 Å². The molecule has 0 spiro atoms. The molecule has 1 aliphatic rings. The molecule has 1 aromatic carbocycles. The Morgan fingerprint density at radius 3 is 2.72 bits per heavy atom. The maximum atomic E-state index is 9.28. The van der Waals surface area contributed by atoms with Crippen molar-refractivity contribution in [2.45, 2.75) is 37.5 Å². The number of thioether (sulfide) groups is 1. The van der Waals surface area contributed by atoms with E-state index >= 15 is 0 Å². The summed E-state index contributed by atoms with van der Waals surface area (Å²) in [5.74, 6) is 0. The van der Waals surface area contributed by atoms with E-state index in [1.54, 1.807) is 11.8 Å². The number of nitrogens with zero attached hydrogens (tertiary/aromatic N) is 1. The van der Waals surface area contributed by atoms with Gasteiger partial charge >= 0.3 is 0 Å². The highest BCUT2D eigenvalue weighted by molar-refractivity contribution is 7.98. The van der Waals surface area contributed by atoms with Crippen molar-refractivity contribution in [3.8, 4) is 6.07 Å². The molecule has 3 heteroatoms. The molecule has 0 unspecified atom stereocenters. The smallest absolute Gasteiger partial charge is 0.102 e. The average Bonchev–Trinajstić information content (AvgIpc) is 2.37. The Morgan fingerprint density at radius 1 is 1.44 bits per heavy atom. The van der Waals surface area contributed by atoms with E-state index in [1.807, 2.05) is 24.5 Å². The van der Waals surface area contributed by atoms with Crippen molar-refractivity contribution in [1.82, 2.24) is 0 Å². The van der Waals surface area contributed by atoms with E-state index in [2.05, 4.69) is 18.3 Å². The normalized spacial score (nSPS) is 16.7. The van der Waals surface area contributed by atoms with Crippen LogP contribution < -0.4 is 5.32 Å². The molecule has 2 nitrogen and oxygen atoms in total. The molecular weight excluding hydrogens is 240 g/mol. The lowest BCUT2D eigenvalue weighted by Gasteiger charge is -2.41. The predicted octanol–water partition coefficient (Wildman–Crippen LogP) is 4.27. The summed E-state index contributed by atoms with van der Waals surface area (Å²) in [6.07, 6.45) is 7.23. The van der Waals surface area contributed by atoms with Crippen LogP contribution in [0, 0.1) is 16.7 Å². The third kappa shape index (κ3) is 2.49. The van der Waals surface area contributed by atoms with Gasteiger partial charge in [0.05, 0.1) is 11.3 Å². The van der Waals surface area contributed by atoms with Gasteiger partial charge in [-0.3, -0.25) is 0 Å². The molecule has 18 heavy (non-hydrogen) atoms. The van der Waals surface area contributed by atoms with Crippen molar-refractivity contribution in [3.63, 3.8) is 0 Å². The number of benzene rings is 1. The molecule has 1 aliphatic carbocycles. The third-order valence-corrected chi connectivity index (χ3v) is 4.96. The van der Waals surface area contributed by atoms with E-state index in [0.29, 0.717) is 5.41 Å². The lowest BCUT2D eigenvalue weighted by molar-refractivity contribution is 0.145. The first-order valence-corrected chi connectivity index (χ1v) is 7.78. The van der Waals surface area contributed by atoms with Crippen LogP contribution in [0.2, 0.25) is 0 Å². The second-order valence-corrected chi connectivity index (χ2v) is 5.90. The maximum Gasteiger partial charge on any atom is 0.102 e. The number of hydrogen-bond acceptors (Lipinski definition) is 3. The Morgan fingerprint density at radius 2 is 2.22 bits per heavy atom. The van der Waals surface area contributed by atoms with Gasteiger partial charge in [0.25, 0.3) is 0 Å². The Hall–Kier alpha value is -1.14. The SMILES string of the molecule is CCC1(CNc2cccc(SC)c2C#N)CCC1. The van der Waals surface area contributed by atoms with Gasteiger partial charge in [0, 0.05) is 11.4 Å². The van der Waals surface area contributed by atoms with Crippen molar-refractivity contribution in [2.75, 3.05) is 18.1 Å². The maximum absolute atomic E-state index is 9.28. The van der Waals surface area contributed by atoms with Crippen LogP contribution in [0.1, 0.15) is 38.2 Å². The quantitative estimate of drug-likeness (QED) is 0.803. The molecule has 0 aliphatic heterocycles. The zero-order valence-electron chi connectivity index (χ0n) is 11.1. The highest BCUT2D eigenvalue weighted by Crippen LogP contribution is 2.44. The van der Waals surface area contributed by atoms with Gasteiger partial charge in [-0.25, -0.2) is 0 Å². The number of nitrogens with one attached hydrogen (secondary N) is 1. The van der Waals surface area contributed by atoms with Crippen LogP contribution in [0.5, 0.6) is 0 Å². The minimum absolute atomic E-state index is 0.474. The van der Waals surface area contributed by atoms with Crippen LogP contribution in [0.3, 0.4) is 0 Å². The zero-order chi connectivity index (χ0) is 13.0. The summed E-state index contributed by atoms with van der Waals surface area (Å²) in [5.41, 5.74) is 2.25. The molecule has 0 radical (unpaired) electrons. The highest BCUT2D eigenvalue weighted by atomic mass is 32.2. The van der Waals surface area contributed by atoms with Crippen LogP contribution in [0.25, 0.3) is 0 Å². The highest BCUT2D eigenvalue weighted by Gasteiger charge is 2.34. The number of nitriles is 1. The van der Waals surface area contributed by atoms with E-state index in [1.165, 1.54) is 25.7 Å². The fraction of sp³-hybridized carbons (Fsp3) is 0.533. The number of hydrogen-bond donors (Lipinski definition) is 1. The second kappa shape index (κ2) is 5.67. The summed E-state index contributed by atoms with van der Waals surface area (Å²) >= 11 is 1.63. The molecule has 0 bridgehead atoms. The summed E-state index contributed by atoms with van der Waals surface area (Å²) in [6.45, 7) is 3.26. The van der Waals surface area contributed by atoms with Crippen LogP contribution in [-0.2, 0) is 0 Å². The summed E-state index contributed by atoms with van der Waals surface area (Å²) in [6, 6.07) is 8.37. The van der Waals surface area contributed by atoms with Gasteiger partial charge in [-0.05, 0) is 43.1 Å². The molecular formula is C15H20N2S. The van der Waals surface area contributed by atoms with Crippen molar-refractivity contribution < 1.29 is 0 Å². The Bertz CT molecular complexity index is 453. The first kappa shape index (κ1) is 13.3. The summed E-state index contributed by atoms with van der Waals surface area (Å²) in [4.78, 5) is 1.06. The van der Waals surface area contributed by atoms with Crippen molar-refractivity contribution in [2.24, 2.45) is 5.41 Å². The molecule has 0 atom stereocenters. The van der Waals surface area contributed by atoms with E-state index in [-0.39, 0.29) is 0 Å².